The zero-order valence-corrected chi connectivity index (χ0v) is 13.9. The van der Waals surface area contributed by atoms with E-state index < -0.39 is 0 Å². The number of Topliss-reactive ketones (excluding diaryl/α,β-unsaturated/α-hetero) is 1. The number of ketones is 1. The van der Waals surface area contributed by atoms with Gasteiger partial charge in [0.2, 0.25) is 0 Å². The second kappa shape index (κ2) is 5.08. The minimum Gasteiger partial charge on any atom is -0.300 e. The van der Waals surface area contributed by atoms with Crippen molar-refractivity contribution in [1.82, 2.24) is 0 Å². The molecule has 0 amide bonds. The lowest BCUT2D eigenvalue weighted by Crippen LogP contribution is -2.23. The molecule has 1 unspecified atom stereocenters. The topological polar surface area (TPSA) is 17.1 Å². The fourth-order valence-electron chi connectivity index (χ4n) is 4.16. The number of carbonyl (C=O) groups is 1. The van der Waals surface area contributed by atoms with Crippen LogP contribution in [0, 0.1) is 0 Å². The number of hydrogen-bond donors (Lipinski definition) is 0. The molecule has 0 heterocycles. The predicted molar refractivity (Wildman–Crippen MR) is 91.4 cm³/mol. The molecule has 0 bridgehead atoms. The van der Waals surface area contributed by atoms with E-state index in [0.717, 1.165) is 12.0 Å². The third-order valence-corrected chi connectivity index (χ3v) is 5.09. The Balaban J connectivity index is 2.03. The molecule has 1 aliphatic rings. The smallest absolute Gasteiger partial charge is 0.134 e. The molecule has 1 aliphatic carbocycles. The Morgan fingerprint density at radius 3 is 2.14 bits per heavy atom. The van der Waals surface area contributed by atoms with Gasteiger partial charge in [0, 0.05) is 11.8 Å². The van der Waals surface area contributed by atoms with Crippen LogP contribution in [0.15, 0.2) is 48.5 Å². The fourth-order valence-corrected chi connectivity index (χ4v) is 4.16. The Morgan fingerprint density at radius 2 is 1.55 bits per heavy atom. The first-order valence-corrected chi connectivity index (χ1v) is 8.02. The maximum absolute atomic E-state index is 11.3. The maximum atomic E-state index is 11.3. The van der Waals surface area contributed by atoms with E-state index in [4.69, 9.17) is 0 Å². The number of carbonyl (C=O) groups excluding carboxylic acids is 1. The van der Waals surface area contributed by atoms with Crippen molar-refractivity contribution in [1.29, 1.82) is 0 Å². The lowest BCUT2D eigenvalue weighted by atomic mass is 9.75. The average molecular weight is 292 g/mol. The van der Waals surface area contributed by atoms with Gasteiger partial charge >= 0.3 is 0 Å². The van der Waals surface area contributed by atoms with Crippen LogP contribution in [0.4, 0.5) is 0 Å². The van der Waals surface area contributed by atoms with Gasteiger partial charge in [-0.2, -0.15) is 0 Å². The van der Waals surface area contributed by atoms with Crippen LogP contribution < -0.4 is 0 Å². The van der Waals surface area contributed by atoms with Gasteiger partial charge < -0.3 is 0 Å². The van der Waals surface area contributed by atoms with Crippen molar-refractivity contribution in [3.05, 3.63) is 70.8 Å². The summed E-state index contributed by atoms with van der Waals surface area (Å²) >= 11 is 0. The maximum Gasteiger partial charge on any atom is 0.134 e. The van der Waals surface area contributed by atoms with Gasteiger partial charge in [-0.25, -0.2) is 0 Å². The molecule has 0 saturated heterocycles. The summed E-state index contributed by atoms with van der Waals surface area (Å²) in [6.07, 6.45) is 1.64. The standard InChI is InChI=1S/C21H24O/c1-15(22)13-16-9-11-17(12-10-16)21(4)14-20(2,3)18-7-5-6-8-19(18)21/h5-12H,13-14H2,1-4H3. The van der Waals surface area contributed by atoms with Gasteiger partial charge in [-0.3, -0.25) is 4.79 Å². The summed E-state index contributed by atoms with van der Waals surface area (Å²) in [5.74, 6) is 0.214. The molecule has 0 saturated carbocycles. The van der Waals surface area contributed by atoms with E-state index in [-0.39, 0.29) is 16.6 Å². The van der Waals surface area contributed by atoms with Crippen LogP contribution in [0.5, 0.6) is 0 Å². The lowest BCUT2D eigenvalue weighted by Gasteiger charge is -2.28. The molecule has 0 radical (unpaired) electrons. The van der Waals surface area contributed by atoms with Gasteiger partial charge in [0.15, 0.2) is 0 Å². The van der Waals surface area contributed by atoms with Crippen molar-refractivity contribution in [3.63, 3.8) is 0 Å². The second-order valence-corrected chi connectivity index (χ2v) is 7.51. The summed E-state index contributed by atoms with van der Waals surface area (Å²) in [6, 6.07) is 17.4. The van der Waals surface area contributed by atoms with Crippen LogP contribution in [-0.2, 0) is 22.0 Å². The van der Waals surface area contributed by atoms with Gasteiger partial charge in [-0.1, -0.05) is 69.3 Å². The van der Waals surface area contributed by atoms with Crippen LogP contribution in [0.2, 0.25) is 0 Å². The normalized spacial score (nSPS) is 22.4. The largest absolute Gasteiger partial charge is 0.300 e. The fraction of sp³-hybridized carbons (Fsp3) is 0.381. The highest BCUT2D eigenvalue weighted by Crippen LogP contribution is 2.52. The van der Waals surface area contributed by atoms with E-state index in [1.165, 1.54) is 16.7 Å². The molecule has 0 aromatic heterocycles. The first kappa shape index (κ1) is 15.0. The summed E-state index contributed by atoms with van der Waals surface area (Å²) in [5.41, 5.74) is 5.60. The molecule has 1 heteroatoms. The zero-order valence-electron chi connectivity index (χ0n) is 13.9. The van der Waals surface area contributed by atoms with Crippen LogP contribution in [-0.4, -0.2) is 5.78 Å². The Bertz CT molecular complexity index is 709. The lowest BCUT2D eigenvalue weighted by molar-refractivity contribution is -0.116. The number of benzene rings is 2. The molecule has 2 aromatic carbocycles. The third kappa shape index (κ3) is 2.39. The van der Waals surface area contributed by atoms with Gasteiger partial charge in [0.1, 0.15) is 5.78 Å². The Labute approximate surface area is 133 Å². The molecule has 3 rings (SSSR count). The van der Waals surface area contributed by atoms with E-state index in [2.05, 4.69) is 69.3 Å². The molecule has 0 aliphatic heterocycles. The molecule has 0 spiro atoms. The van der Waals surface area contributed by atoms with Crippen LogP contribution in [0.3, 0.4) is 0 Å². The highest BCUT2D eigenvalue weighted by Gasteiger charge is 2.45. The van der Waals surface area contributed by atoms with Crippen molar-refractivity contribution in [2.45, 2.75) is 51.4 Å². The SMILES string of the molecule is CC(=O)Cc1ccc(C2(C)CC(C)(C)c3ccccc32)cc1. The summed E-state index contributed by atoms with van der Waals surface area (Å²) in [6.45, 7) is 8.66. The van der Waals surface area contributed by atoms with Gasteiger partial charge in [0.25, 0.3) is 0 Å². The van der Waals surface area contributed by atoms with E-state index in [1.807, 2.05) is 0 Å². The van der Waals surface area contributed by atoms with E-state index >= 15 is 0 Å². The molecule has 0 fully saturated rings. The van der Waals surface area contributed by atoms with Gasteiger partial charge in [-0.15, -0.1) is 0 Å². The Hall–Kier alpha value is -1.89. The third-order valence-electron chi connectivity index (χ3n) is 5.09. The molecular weight excluding hydrogens is 268 g/mol. The van der Waals surface area contributed by atoms with Crippen molar-refractivity contribution in [3.8, 4) is 0 Å². The highest BCUT2D eigenvalue weighted by atomic mass is 16.1. The van der Waals surface area contributed by atoms with Crippen LogP contribution >= 0.6 is 0 Å². The number of hydrogen-bond acceptors (Lipinski definition) is 1. The second-order valence-electron chi connectivity index (χ2n) is 7.51. The summed E-state index contributed by atoms with van der Waals surface area (Å²) in [5, 5.41) is 0. The van der Waals surface area contributed by atoms with E-state index in [0.29, 0.717) is 6.42 Å². The van der Waals surface area contributed by atoms with Gasteiger partial charge in [0.05, 0.1) is 0 Å². The zero-order chi connectivity index (χ0) is 16.0. The molecule has 22 heavy (non-hydrogen) atoms. The summed E-state index contributed by atoms with van der Waals surface area (Å²) in [4.78, 5) is 11.3. The van der Waals surface area contributed by atoms with Crippen molar-refractivity contribution in [2.75, 3.05) is 0 Å². The van der Waals surface area contributed by atoms with Crippen LogP contribution in [0.1, 0.15) is 56.4 Å². The molecule has 1 atom stereocenters. The minimum atomic E-state index is 0.0504. The minimum absolute atomic E-state index is 0.0504. The van der Waals surface area contributed by atoms with Crippen LogP contribution in [0.25, 0.3) is 0 Å². The molecule has 114 valence electrons. The highest BCUT2D eigenvalue weighted by molar-refractivity contribution is 5.78. The summed E-state index contributed by atoms with van der Waals surface area (Å²) in [7, 11) is 0. The van der Waals surface area contributed by atoms with Crippen molar-refractivity contribution >= 4 is 5.78 Å². The molecule has 0 N–H and O–H groups in total. The van der Waals surface area contributed by atoms with E-state index in [9.17, 15) is 4.79 Å². The Morgan fingerprint density at radius 1 is 0.955 bits per heavy atom. The predicted octanol–water partition coefficient (Wildman–Crippen LogP) is 4.81. The first-order valence-electron chi connectivity index (χ1n) is 8.02. The first-order chi connectivity index (χ1) is 10.3. The monoisotopic (exact) mass is 292 g/mol. The average Bonchev–Trinajstić information content (AvgIpc) is 2.67. The number of fused-ring (bicyclic) bond motifs is 1. The van der Waals surface area contributed by atoms with Crippen molar-refractivity contribution < 1.29 is 4.79 Å². The Kier molecular flexibility index (Phi) is 3.47. The summed E-state index contributed by atoms with van der Waals surface area (Å²) < 4.78 is 0. The quantitative estimate of drug-likeness (QED) is 0.793. The molecular formula is C21H24O. The van der Waals surface area contributed by atoms with E-state index in [1.54, 1.807) is 6.92 Å². The molecule has 1 nitrogen and oxygen atoms in total. The van der Waals surface area contributed by atoms with Gasteiger partial charge in [-0.05, 0) is 41.0 Å². The van der Waals surface area contributed by atoms with Crippen molar-refractivity contribution in [2.24, 2.45) is 0 Å². The number of rotatable bonds is 3. The molecule has 2 aromatic rings.